The lowest BCUT2D eigenvalue weighted by atomic mass is 10.2. The molecule has 0 aliphatic heterocycles. The number of oxazole rings is 1. The number of nitrogens with zero attached hydrogens (tertiary/aromatic N) is 1. The zero-order chi connectivity index (χ0) is 12.4. The Morgan fingerprint density at radius 2 is 2.18 bits per heavy atom. The summed E-state index contributed by atoms with van der Waals surface area (Å²) >= 11 is 1.36. The Bertz CT molecular complexity index is 520. The van der Waals surface area contributed by atoms with Crippen molar-refractivity contribution in [3.63, 3.8) is 0 Å². The molecule has 0 aliphatic carbocycles. The second kappa shape index (κ2) is 4.89. The van der Waals surface area contributed by atoms with Crippen LogP contribution >= 0.6 is 11.8 Å². The van der Waals surface area contributed by atoms with Gasteiger partial charge in [0, 0.05) is 11.4 Å². The molecule has 1 heterocycles. The van der Waals surface area contributed by atoms with Crippen LogP contribution in [0.5, 0.6) is 0 Å². The molecule has 5 heteroatoms. The molecule has 90 valence electrons. The fourth-order valence-electron chi connectivity index (χ4n) is 1.39. The number of halogens is 1. The first-order chi connectivity index (χ1) is 8.10. The maximum atomic E-state index is 13.0. The number of aromatic nitrogens is 1. The van der Waals surface area contributed by atoms with Crippen LogP contribution in [0.15, 0.2) is 32.7 Å². The van der Waals surface area contributed by atoms with E-state index in [2.05, 4.69) is 4.98 Å². The number of rotatable bonds is 3. The largest absolute Gasteiger partial charge is 0.436 e. The van der Waals surface area contributed by atoms with Gasteiger partial charge in [0.25, 0.3) is 5.22 Å². The van der Waals surface area contributed by atoms with Gasteiger partial charge in [-0.2, -0.15) is 0 Å². The minimum atomic E-state index is -0.283. The quantitative estimate of drug-likeness (QED) is 0.912. The standard InChI is InChI=1S/C12H13FN2OS/c1-7-8(2)16-12(15-7)17-11-4-3-10(13)5-9(11)6-14/h3-5H,6,14H2,1-2H3. The third kappa shape index (κ3) is 2.68. The van der Waals surface area contributed by atoms with E-state index in [4.69, 9.17) is 10.2 Å². The summed E-state index contributed by atoms with van der Waals surface area (Å²) in [5.41, 5.74) is 7.20. The predicted octanol–water partition coefficient (Wildman–Crippen LogP) is 3.04. The van der Waals surface area contributed by atoms with E-state index in [1.54, 1.807) is 6.07 Å². The second-order valence-corrected chi connectivity index (χ2v) is 4.67. The van der Waals surface area contributed by atoms with E-state index in [-0.39, 0.29) is 5.82 Å². The van der Waals surface area contributed by atoms with E-state index >= 15 is 0 Å². The van der Waals surface area contributed by atoms with Gasteiger partial charge >= 0.3 is 0 Å². The maximum absolute atomic E-state index is 13.0. The number of aryl methyl sites for hydroxylation is 2. The Hall–Kier alpha value is -1.33. The van der Waals surface area contributed by atoms with Gasteiger partial charge in [0.1, 0.15) is 11.6 Å². The van der Waals surface area contributed by atoms with Crippen LogP contribution in [0.25, 0.3) is 0 Å². The van der Waals surface area contributed by atoms with Crippen LogP contribution in [-0.4, -0.2) is 4.98 Å². The third-order valence-electron chi connectivity index (χ3n) is 2.45. The normalized spacial score (nSPS) is 10.8. The monoisotopic (exact) mass is 252 g/mol. The van der Waals surface area contributed by atoms with Crippen molar-refractivity contribution >= 4 is 11.8 Å². The van der Waals surface area contributed by atoms with Gasteiger partial charge in [-0.3, -0.25) is 0 Å². The van der Waals surface area contributed by atoms with Crippen LogP contribution < -0.4 is 5.73 Å². The molecule has 0 amide bonds. The van der Waals surface area contributed by atoms with Gasteiger partial charge in [-0.15, -0.1) is 0 Å². The van der Waals surface area contributed by atoms with E-state index in [9.17, 15) is 4.39 Å². The summed E-state index contributed by atoms with van der Waals surface area (Å²) in [6.45, 7) is 4.04. The highest BCUT2D eigenvalue weighted by atomic mass is 32.2. The summed E-state index contributed by atoms with van der Waals surface area (Å²) in [6.07, 6.45) is 0. The summed E-state index contributed by atoms with van der Waals surface area (Å²) < 4.78 is 18.5. The average Bonchev–Trinajstić information content (AvgIpc) is 2.60. The predicted molar refractivity (Wildman–Crippen MR) is 64.4 cm³/mol. The SMILES string of the molecule is Cc1nc(Sc2ccc(F)cc2CN)oc1C. The Morgan fingerprint density at radius 1 is 1.41 bits per heavy atom. The van der Waals surface area contributed by atoms with Crippen molar-refractivity contribution in [1.29, 1.82) is 0 Å². The zero-order valence-electron chi connectivity index (χ0n) is 9.66. The fraction of sp³-hybridized carbons (Fsp3) is 0.250. The first-order valence-corrected chi connectivity index (χ1v) is 6.02. The molecule has 3 nitrogen and oxygen atoms in total. The molecule has 0 aliphatic rings. The van der Waals surface area contributed by atoms with Crippen molar-refractivity contribution in [2.45, 2.75) is 30.5 Å². The minimum absolute atomic E-state index is 0.283. The highest BCUT2D eigenvalue weighted by molar-refractivity contribution is 7.99. The van der Waals surface area contributed by atoms with E-state index in [0.717, 1.165) is 21.9 Å². The molecule has 0 radical (unpaired) electrons. The molecule has 2 N–H and O–H groups in total. The summed E-state index contributed by atoms with van der Waals surface area (Å²) in [7, 11) is 0. The Kier molecular flexibility index (Phi) is 3.49. The van der Waals surface area contributed by atoms with Gasteiger partial charge in [0.15, 0.2) is 0 Å². The van der Waals surface area contributed by atoms with E-state index in [1.807, 2.05) is 13.8 Å². The molecule has 0 bridgehead atoms. The molecule has 0 saturated carbocycles. The molecular formula is C12H13FN2OS. The van der Waals surface area contributed by atoms with E-state index in [0.29, 0.717) is 11.8 Å². The van der Waals surface area contributed by atoms with Crippen molar-refractivity contribution in [3.8, 4) is 0 Å². The van der Waals surface area contributed by atoms with Gasteiger partial charge in [-0.05, 0) is 49.4 Å². The molecule has 0 atom stereocenters. The van der Waals surface area contributed by atoms with Crippen molar-refractivity contribution in [2.75, 3.05) is 0 Å². The number of nitrogens with two attached hydrogens (primary N) is 1. The first-order valence-electron chi connectivity index (χ1n) is 5.20. The molecule has 0 unspecified atom stereocenters. The summed E-state index contributed by atoms with van der Waals surface area (Å²) in [5.74, 6) is 0.512. The third-order valence-corrected chi connectivity index (χ3v) is 3.42. The number of benzene rings is 1. The lowest BCUT2D eigenvalue weighted by Crippen LogP contribution is -1.99. The van der Waals surface area contributed by atoms with Crippen molar-refractivity contribution in [3.05, 3.63) is 41.0 Å². The van der Waals surface area contributed by atoms with Crippen molar-refractivity contribution in [2.24, 2.45) is 5.73 Å². The Balaban J connectivity index is 2.29. The highest BCUT2D eigenvalue weighted by Gasteiger charge is 2.10. The molecular weight excluding hydrogens is 239 g/mol. The lowest BCUT2D eigenvalue weighted by molar-refractivity contribution is 0.431. The molecule has 1 aromatic carbocycles. The average molecular weight is 252 g/mol. The minimum Gasteiger partial charge on any atom is -0.436 e. The lowest BCUT2D eigenvalue weighted by Gasteiger charge is -2.04. The van der Waals surface area contributed by atoms with Gasteiger partial charge in [-0.1, -0.05) is 0 Å². The Morgan fingerprint density at radius 3 is 2.76 bits per heavy atom. The van der Waals surface area contributed by atoms with Gasteiger partial charge < -0.3 is 10.2 Å². The molecule has 1 aromatic heterocycles. The summed E-state index contributed by atoms with van der Waals surface area (Å²) in [4.78, 5) is 5.14. The maximum Gasteiger partial charge on any atom is 0.261 e. The fourth-order valence-corrected chi connectivity index (χ4v) is 2.33. The van der Waals surface area contributed by atoms with Crippen LogP contribution in [0.1, 0.15) is 17.0 Å². The second-order valence-electron chi connectivity index (χ2n) is 3.68. The van der Waals surface area contributed by atoms with Crippen LogP contribution in [0.3, 0.4) is 0 Å². The van der Waals surface area contributed by atoms with Crippen LogP contribution in [0.4, 0.5) is 4.39 Å². The number of hydrogen-bond acceptors (Lipinski definition) is 4. The van der Waals surface area contributed by atoms with Crippen LogP contribution in [0.2, 0.25) is 0 Å². The smallest absolute Gasteiger partial charge is 0.261 e. The molecule has 0 fully saturated rings. The van der Waals surface area contributed by atoms with Gasteiger partial charge in [-0.25, -0.2) is 9.37 Å². The first kappa shape index (κ1) is 12.1. The topological polar surface area (TPSA) is 52.0 Å². The molecule has 0 spiro atoms. The summed E-state index contributed by atoms with van der Waals surface area (Å²) in [6, 6.07) is 4.53. The van der Waals surface area contributed by atoms with Crippen LogP contribution in [0, 0.1) is 19.7 Å². The number of hydrogen-bond donors (Lipinski definition) is 1. The summed E-state index contributed by atoms with van der Waals surface area (Å²) in [5, 5.41) is 0.557. The highest BCUT2D eigenvalue weighted by Crippen LogP contribution is 2.31. The Labute approximate surface area is 103 Å². The zero-order valence-corrected chi connectivity index (χ0v) is 10.5. The van der Waals surface area contributed by atoms with Crippen molar-refractivity contribution < 1.29 is 8.81 Å². The van der Waals surface area contributed by atoms with E-state index in [1.165, 1.54) is 23.9 Å². The van der Waals surface area contributed by atoms with E-state index < -0.39 is 0 Å². The van der Waals surface area contributed by atoms with Crippen LogP contribution in [-0.2, 0) is 6.54 Å². The van der Waals surface area contributed by atoms with Crippen molar-refractivity contribution in [1.82, 2.24) is 4.98 Å². The molecule has 0 saturated heterocycles. The van der Waals surface area contributed by atoms with Gasteiger partial charge in [0.05, 0.1) is 5.69 Å². The van der Waals surface area contributed by atoms with Gasteiger partial charge in [0.2, 0.25) is 0 Å². The molecule has 17 heavy (non-hydrogen) atoms. The molecule has 2 aromatic rings. The molecule has 2 rings (SSSR count).